The maximum Gasteiger partial charge on any atom is 0.238 e. The summed E-state index contributed by atoms with van der Waals surface area (Å²) in [7, 11) is 0. The number of aromatic nitrogens is 4. The molecule has 5 nitrogen and oxygen atoms in total. The maximum absolute atomic E-state index is 13.5. The highest BCUT2D eigenvalue weighted by molar-refractivity contribution is 7.99. The van der Waals surface area contributed by atoms with E-state index in [4.69, 9.17) is 0 Å². The average molecular weight is 409 g/mol. The van der Waals surface area contributed by atoms with Crippen molar-refractivity contribution in [1.29, 1.82) is 0 Å². The van der Waals surface area contributed by atoms with Gasteiger partial charge in [0.15, 0.2) is 5.16 Å². The predicted octanol–water partition coefficient (Wildman–Crippen LogP) is 4.31. The van der Waals surface area contributed by atoms with Gasteiger partial charge in [0.1, 0.15) is 10.3 Å². The summed E-state index contributed by atoms with van der Waals surface area (Å²) >= 11 is 3.34. The van der Waals surface area contributed by atoms with Gasteiger partial charge in [-0.2, -0.15) is 0 Å². The first kappa shape index (κ1) is 17.7. The maximum atomic E-state index is 13.5. The minimum atomic E-state index is 0.171. The van der Waals surface area contributed by atoms with Gasteiger partial charge >= 0.3 is 0 Å². The van der Waals surface area contributed by atoms with E-state index >= 15 is 0 Å². The number of thioether (sulfide) groups is 1. The van der Waals surface area contributed by atoms with E-state index in [1.165, 1.54) is 4.88 Å². The fraction of sp³-hybridized carbons (Fsp3) is 0.286. The number of nitrogens with zero attached hydrogens (tertiary/aromatic N) is 4. The number of hydrogen-bond acceptors (Lipinski definition) is 5. The highest BCUT2D eigenvalue weighted by atomic mass is 32.2. The van der Waals surface area contributed by atoms with Crippen LogP contribution in [0.1, 0.15) is 28.8 Å². The summed E-state index contributed by atoms with van der Waals surface area (Å²) in [6.07, 6.45) is 5.99. The molecule has 1 aromatic carbocycles. The van der Waals surface area contributed by atoms with Gasteiger partial charge in [0.2, 0.25) is 11.2 Å². The van der Waals surface area contributed by atoms with Crippen molar-refractivity contribution in [3.63, 3.8) is 0 Å². The van der Waals surface area contributed by atoms with Gasteiger partial charge in [-0.25, -0.2) is 4.40 Å². The Bertz CT molecular complexity index is 1240. The molecular weight excluding hydrogens is 388 g/mol. The molecular formula is C21H20N4OS2. The zero-order valence-electron chi connectivity index (χ0n) is 15.4. The first-order valence-electron chi connectivity index (χ1n) is 9.47. The van der Waals surface area contributed by atoms with E-state index in [1.54, 1.807) is 23.1 Å². The lowest BCUT2D eigenvalue weighted by Crippen LogP contribution is -2.18. The highest BCUT2D eigenvalue weighted by Gasteiger charge is 2.24. The third-order valence-electron chi connectivity index (χ3n) is 5.17. The van der Waals surface area contributed by atoms with Crippen molar-refractivity contribution in [3.05, 3.63) is 69.2 Å². The molecule has 0 aliphatic heterocycles. The van der Waals surface area contributed by atoms with Crippen LogP contribution in [0.15, 0.2) is 52.9 Å². The lowest BCUT2D eigenvalue weighted by atomic mass is 9.98. The number of hydrogen-bond donors (Lipinski definition) is 0. The molecule has 0 unspecified atom stereocenters. The summed E-state index contributed by atoms with van der Waals surface area (Å²) in [4.78, 5) is 15.7. The predicted molar refractivity (Wildman–Crippen MR) is 116 cm³/mol. The smallest absolute Gasteiger partial charge is 0.238 e. The average Bonchev–Trinajstić information content (AvgIpc) is 3.27. The van der Waals surface area contributed by atoms with Gasteiger partial charge in [0.05, 0.1) is 6.54 Å². The Morgan fingerprint density at radius 1 is 1.18 bits per heavy atom. The molecule has 3 aromatic heterocycles. The van der Waals surface area contributed by atoms with Crippen LogP contribution >= 0.6 is 23.1 Å². The minimum absolute atomic E-state index is 0.171. The first-order chi connectivity index (χ1) is 13.8. The number of rotatable bonds is 5. The van der Waals surface area contributed by atoms with Crippen molar-refractivity contribution in [2.24, 2.45) is 0 Å². The van der Waals surface area contributed by atoms with E-state index in [0.717, 1.165) is 63.8 Å². The van der Waals surface area contributed by atoms with Crippen LogP contribution in [0.4, 0.5) is 0 Å². The van der Waals surface area contributed by atoms with Gasteiger partial charge in [0.25, 0.3) is 0 Å². The molecule has 28 heavy (non-hydrogen) atoms. The lowest BCUT2D eigenvalue weighted by Gasteiger charge is -2.14. The summed E-state index contributed by atoms with van der Waals surface area (Å²) in [6, 6.07) is 10.2. The van der Waals surface area contributed by atoms with E-state index in [9.17, 15) is 4.79 Å². The van der Waals surface area contributed by atoms with Crippen LogP contribution in [-0.2, 0) is 19.4 Å². The lowest BCUT2D eigenvalue weighted by molar-refractivity contribution is 0.691. The summed E-state index contributed by atoms with van der Waals surface area (Å²) < 4.78 is 4.11. The normalized spacial score (nSPS) is 13.9. The zero-order valence-corrected chi connectivity index (χ0v) is 17.1. The Morgan fingerprint density at radius 3 is 2.82 bits per heavy atom. The second-order valence-corrected chi connectivity index (χ2v) is 9.05. The molecule has 0 saturated heterocycles. The van der Waals surface area contributed by atoms with Crippen molar-refractivity contribution in [3.8, 4) is 0 Å². The molecule has 0 atom stereocenters. The van der Waals surface area contributed by atoms with Gasteiger partial charge in [0, 0.05) is 16.2 Å². The first-order valence-corrected chi connectivity index (χ1v) is 11.3. The molecule has 7 heteroatoms. The Labute approximate surface area is 170 Å². The molecule has 0 spiro atoms. The molecule has 1 aliphatic rings. The molecule has 0 amide bonds. The van der Waals surface area contributed by atoms with Crippen LogP contribution in [0.3, 0.4) is 0 Å². The fourth-order valence-corrected chi connectivity index (χ4v) is 5.96. The topological polar surface area (TPSA) is 52.2 Å². The van der Waals surface area contributed by atoms with Crippen molar-refractivity contribution >= 4 is 39.2 Å². The number of aryl methyl sites for hydroxylation is 1. The summed E-state index contributed by atoms with van der Waals surface area (Å²) in [5.74, 6) is 1.49. The van der Waals surface area contributed by atoms with Crippen molar-refractivity contribution < 1.29 is 0 Å². The van der Waals surface area contributed by atoms with Gasteiger partial charge in [-0.1, -0.05) is 48.2 Å². The molecule has 1 aliphatic carbocycles. The summed E-state index contributed by atoms with van der Waals surface area (Å²) in [5.41, 5.74) is 3.09. The van der Waals surface area contributed by atoms with Crippen molar-refractivity contribution in [2.75, 3.05) is 5.75 Å². The van der Waals surface area contributed by atoms with Crippen LogP contribution < -0.4 is 5.43 Å². The van der Waals surface area contributed by atoms with Crippen LogP contribution in [0, 0.1) is 0 Å². The molecule has 0 radical (unpaired) electrons. The zero-order chi connectivity index (χ0) is 19.1. The molecule has 4 aromatic rings. The van der Waals surface area contributed by atoms with E-state index in [1.807, 2.05) is 28.8 Å². The Balaban J connectivity index is 1.81. The molecule has 5 rings (SSSR count). The van der Waals surface area contributed by atoms with E-state index in [2.05, 4.69) is 33.3 Å². The summed E-state index contributed by atoms with van der Waals surface area (Å²) in [6.45, 7) is 4.41. The fourth-order valence-electron chi connectivity index (χ4n) is 3.88. The van der Waals surface area contributed by atoms with Crippen LogP contribution in [0.5, 0.6) is 0 Å². The Morgan fingerprint density at radius 2 is 2.00 bits per heavy atom. The second-order valence-electron chi connectivity index (χ2n) is 6.98. The largest absolute Gasteiger partial charge is 0.300 e. The highest BCUT2D eigenvalue weighted by Crippen LogP contribution is 2.32. The van der Waals surface area contributed by atoms with Crippen LogP contribution in [-0.4, -0.2) is 24.9 Å². The number of imidazole rings is 1. The summed E-state index contributed by atoms with van der Waals surface area (Å²) in [5, 5.41) is 9.68. The minimum Gasteiger partial charge on any atom is -0.300 e. The molecule has 3 heterocycles. The Kier molecular flexibility index (Phi) is 4.56. The SMILES string of the molecule is C=CCSc1nnc2n(Cc3ccccc3)c3c(=O)c4c(sc3n12)CCCC4. The standard InChI is InChI=1S/C21H20N4OS2/c1-2-12-27-21-23-22-20-24(13-14-8-4-3-5-9-14)17-18(26)15-10-6-7-11-16(15)28-19(17)25(20)21/h2-5,8-9H,1,6-7,10-13H2. The third-order valence-corrected chi connectivity index (χ3v) is 7.36. The Hall–Kier alpha value is -2.38. The molecule has 0 saturated carbocycles. The van der Waals surface area contributed by atoms with E-state index in [-0.39, 0.29) is 5.43 Å². The molecule has 142 valence electrons. The third kappa shape index (κ3) is 2.81. The second kappa shape index (κ2) is 7.22. The molecule has 0 bridgehead atoms. The quantitative estimate of drug-likeness (QED) is 0.365. The molecule has 0 fully saturated rings. The van der Waals surface area contributed by atoms with Gasteiger partial charge in [-0.3, -0.25) is 9.36 Å². The van der Waals surface area contributed by atoms with Crippen LogP contribution in [0.25, 0.3) is 16.1 Å². The van der Waals surface area contributed by atoms with E-state index < -0.39 is 0 Å². The van der Waals surface area contributed by atoms with Gasteiger partial charge < -0.3 is 0 Å². The molecule has 0 N–H and O–H groups in total. The van der Waals surface area contributed by atoms with Gasteiger partial charge in [-0.15, -0.1) is 28.1 Å². The van der Waals surface area contributed by atoms with E-state index in [0.29, 0.717) is 6.54 Å². The number of fused-ring (bicyclic) bond motifs is 4. The van der Waals surface area contributed by atoms with Crippen molar-refractivity contribution in [1.82, 2.24) is 19.2 Å². The van der Waals surface area contributed by atoms with Crippen LogP contribution in [0.2, 0.25) is 0 Å². The number of benzene rings is 1. The van der Waals surface area contributed by atoms with Crippen molar-refractivity contribution in [2.45, 2.75) is 37.4 Å². The monoisotopic (exact) mass is 408 g/mol. The van der Waals surface area contributed by atoms with Gasteiger partial charge in [-0.05, 0) is 31.2 Å².